The van der Waals surface area contributed by atoms with Crippen LogP contribution in [0, 0.1) is 0 Å². The van der Waals surface area contributed by atoms with Crippen LogP contribution in [0.1, 0.15) is 13.3 Å². The lowest BCUT2D eigenvalue weighted by molar-refractivity contribution is 0.295. The second kappa shape index (κ2) is 6.28. The van der Waals surface area contributed by atoms with Crippen molar-refractivity contribution in [2.75, 3.05) is 13.7 Å². The van der Waals surface area contributed by atoms with Crippen molar-refractivity contribution in [3.05, 3.63) is 41.4 Å². The molecule has 3 aromatic rings. The topological polar surface area (TPSA) is 47.1 Å². The lowest BCUT2D eigenvalue weighted by Crippen LogP contribution is -2.00. The van der Waals surface area contributed by atoms with E-state index in [1.807, 2.05) is 30.3 Å². The Morgan fingerprint density at radius 2 is 2.05 bits per heavy atom. The number of imidazole rings is 1. The van der Waals surface area contributed by atoms with Crippen molar-refractivity contribution < 1.29 is 9.47 Å². The smallest absolute Gasteiger partial charge is 0.172 e. The Balaban J connectivity index is 2.16. The normalized spacial score (nSPS) is 10.9. The third kappa shape index (κ3) is 2.74. The number of aromatic amines is 1. The number of rotatable bonds is 5. The molecule has 0 saturated heterocycles. The van der Waals surface area contributed by atoms with Gasteiger partial charge in [0.25, 0.3) is 0 Å². The minimum atomic E-state index is 0.580. The van der Waals surface area contributed by atoms with E-state index in [0.717, 1.165) is 23.0 Å². The van der Waals surface area contributed by atoms with Gasteiger partial charge in [-0.25, -0.2) is 4.98 Å². The fourth-order valence-electron chi connectivity index (χ4n) is 2.33. The minimum absolute atomic E-state index is 0.580. The predicted octanol–water partition coefficient (Wildman–Crippen LogP) is 4.68. The third-order valence-corrected chi connectivity index (χ3v) is 3.55. The number of ether oxygens (including phenoxy) is 2. The van der Waals surface area contributed by atoms with Crippen LogP contribution >= 0.6 is 11.6 Å². The Morgan fingerprint density at radius 3 is 2.77 bits per heavy atom. The number of benzene rings is 2. The van der Waals surface area contributed by atoms with Gasteiger partial charge in [-0.3, -0.25) is 0 Å². The molecule has 0 bridgehead atoms. The Labute approximate surface area is 134 Å². The van der Waals surface area contributed by atoms with Crippen LogP contribution < -0.4 is 9.47 Å². The van der Waals surface area contributed by atoms with E-state index in [1.54, 1.807) is 13.2 Å². The van der Waals surface area contributed by atoms with E-state index < -0.39 is 0 Å². The zero-order chi connectivity index (χ0) is 15.5. The van der Waals surface area contributed by atoms with E-state index in [4.69, 9.17) is 21.1 Å². The number of aromatic nitrogens is 2. The van der Waals surface area contributed by atoms with Crippen LogP contribution in [0.15, 0.2) is 36.4 Å². The summed E-state index contributed by atoms with van der Waals surface area (Å²) in [5, 5.41) is 0.580. The zero-order valence-electron chi connectivity index (χ0n) is 12.5. The Morgan fingerprint density at radius 1 is 1.23 bits per heavy atom. The van der Waals surface area contributed by atoms with E-state index in [0.29, 0.717) is 29.0 Å². The number of halogens is 1. The van der Waals surface area contributed by atoms with Crippen LogP contribution in [0.3, 0.4) is 0 Å². The average Bonchev–Trinajstić information content (AvgIpc) is 2.96. The largest absolute Gasteiger partial charge is 0.493 e. The maximum Gasteiger partial charge on any atom is 0.172 e. The lowest BCUT2D eigenvalue weighted by Gasteiger charge is -2.14. The van der Waals surface area contributed by atoms with Gasteiger partial charge in [0.2, 0.25) is 0 Å². The molecule has 1 N–H and O–H groups in total. The summed E-state index contributed by atoms with van der Waals surface area (Å²) in [6.07, 6.45) is 0.908. The third-order valence-electron chi connectivity index (χ3n) is 3.33. The molecule has 2 aromatic carbocycles. The van der Waals surface area contributed by atoms with Gasteiger partial charge in [-0.2, -0.15) is 0 Å². The van der Waals surface area contributed by atoms with Crippen molar-refractivity contribution in [1.29, 1.82) is 0 Å². The van der Waals surface area contributed by atoms with Gasteiger partial charge < -0.3 is 14.5 Å². The fraction of sp³-hybridized carbons (Fsp3) is 0.235. The summed E-state index contributed by atoms with van der Waals surface area (Å²) in [6.45, 7) is 2.66. The number of hydrogen-bond donors (Lipinski definition) is 1. The van der Waals surface area contributed by atoms with Crippen LogP contribution in [-0.4, -0.2) is 23.7 Å². The molecule has 114 valence electrons. The number of hydrogen-bond acceptors (Lipinski definition) is 3. The summed E-state index contributed by atoms with van der Waals surface area (Å²) in [7, 11) is 1.60. The second-order valence-corrected chi connectivity index (χ2v) is 5.37. The molecular weight excluding hydrogens is 300 g/mol. The highest BCUT2D eigenvalue weighted by atomic mass is 35.5. The van der Waals surface area contributed by atoms with Crippen molar-refractivity contribution in [1.82, 2.24) is 9.97 Å². The number of nitrogens with one attached hydrogen (secondary N) is 1. The van der Waals surface area contributed by atoms with Crippen molar-refractivity contribution in [3.8, 4) is 22.9 Å². The molecule has 0 atom stereocenters. The van der Waals surface area contributed by atoms with E-state index in [9.17, 15) is 0 Å². The van der Waals surface area contributed by atoms with E-state index in [2.05, 4.69) is 16.9 Å². The number of nitrogens with zero attached hydrogens (tertiary/aromatic N) is 1. The Hall–Kier alpha value is -2.20. The SMILES string of the molecule is CCCOc1c(OC)cc(Cl)cc1-c1nc2ccccc2[nH]1. The van der Waals surface area contributed by atoms with Gasteiger partial charge in [0.05, 0.1) is 30.3 Å². The van der Waals surface area contributed by atoms with Crippen molar-refractivity contribution >= 4 is 22.6 Å². The quantitative estimate of drug-likeness (QED) is 0.743. The van der Waals surface area contributed by atoms with E-state index in [-0.39, 0.29) is 0 Å². The van der Waals surface area contributed by atoms with Crippen LogP contribution in [0.2, 0.25) is 5.02 Å². The van der Waals surface area contributed by atoms with Gasteiger partial charge in [0.1, 0.15) is 5.82 Å². The average molecular weight is 317 g/mol. The molecule has 0 aliphatic heterocycles. The van der Waals surface area contributed by atoms with Gasteiger partial charge >= 0.3 is 0 Å². The first-order chi connectivity index (χ1) is 10.7. The molecule has 5 heteroatoms. The van der Waals surface area contributed by atoms with Gasteiger partial charge in [-0.15, -0.1) is 0 Å². The standard InChI is InChI=1S/C17H17ClN2O2/c1-3-8-22-16-12(9-11(18)10-15(16)21-2)17-19-13-6-4-5-7-14(13)20-17/h4-7,9-10H,3,8H2,1-2H3,(H,19,20). The molecule has 1 aromatic heterocycles. The van der Waals surface area contributed by atoms with E-state index >= 15 is 0 Å². The lowest BCUT2D eigenvalue weighted by atomic mass is 10.1. The summed E-state index contributed by atoms with van der Waals surface area (Å²) in [5.41, 5.74) is 2.67. The minimum Gasteiger partial charge on any atom is -0.493 e. The molecule has 0 aliphatic rings. The van der Waals surface area contributed by atoms with Gasteiger partial charge in [0, 0.05) is 11.1 Å². The van der Waals surface area contributed by atoms with Crippen LogP contribution in [0.4, 0.5) is 0 Å². The highest BCUT2D eigenvalue weighted by Crippen LogP contribution is 2.40. The molecule has 0 saturated carbocycles. The summed E-state index contributed by atoms with van der Waals surface area (Å²) in [6, 6.07) is 11.5. The number of H-pyrrole nitrogens is 1. The molecule has 1 heterocycles. The molecule has 0 amide bonds. The molecule has 0 spiro atoms. The van der Waals surface area contributed by atoms with E-state index in [1.165, 1.54) is 0 Å². The first-order valence-electron chi connectivity index (χ1n) is 7.18. The van der Waals surface area contributed by atoms with Crippen LogP contribution in [0.5, 0.6) is 11.5 Å². The molecule has 3 rings (SSSR count). The van der Waals surface area contributed by atoms with Gasteiger partial charge in [-0.05, 0) is 24.6 Å². The molecule has 0 aliphatic carbocycles. The summed E-state index contributed by atoms with van der Waals surface area (Å²) in [5.74, 6) is 1.98. The second-order valence-electron chi connectivity index (χ2n) is 4.94. The summed E-state index contributed by atoms with van der Waals surface area (Å²) >= 11 is 6.21. The maximum absolute atomic E-state index is 6.21. The summed E-state index contributed by atoms with van der Waals surface area (Å²) < 4.78 is 11.3. The number of methoxy groups -OCH3 is 1. The maximum atomic E-state index is 6.21. The van der Waals surface area contributed by atoms with Crippen LogP contribution in [-0.2, 0) is 0 Å². The van der Waals surface area contributed by atoms with Crippen LogP contribution in [0.25, 0.3) is 22.4 Å². The summed E-state index contributed by atoms with van der Waals surface area (Å²) in [4.78, 5) is 7.92. The molecular formula is C17H17ClN2O2. The number of para-hydroxylation sites is 2. The fourth-order valence-corrected chi connectivity index (χ4v) is 2.54. The number of fused-ring (bicyclic) bond motifs is 1. The first-order valence-corrected chi connectivity index (χ1v) is 7.56. The van der Waals surface area contributed by atoms with Crippen molar-refractivity contribution in [3.63, 3.8) is 0 Å². The molecule has 4 nitrogen and oxygen atoms in total. The Kier molecular flexibility index (Phi) is 4.20. The van der Waals surface area contributed by atoms with Crippen molar-refractivity contribution in [2.24, 2.45) is 0 Å². The zero-order valence-corrected chi connectivity index (χ0v) is 13.3. The Bertz CT molecular complexity index is 765. The molecule has 0 unspecified atom stereocenters. The monoisotopic (exact) mass is 316 g/mol. The molecule has 0 fully saturated rings. The highest BCUT2D eigenvalue weighted by Gasteiger charge is 2.17. The van der Waals surface area contributed by atoms with Crippen molar-refractivity contribution in [2.45, 2.75) is 13.3 Å². The molecule has 22 heavy (non-hydrogen) atoms. The van der Waals surface area contributed by atoms with Gasteiger partial charge in [0.15, 0.2) is 11.5 Å². The van der Waals surface area contributed by atoms with Gasteiger partial charge in [-0.1, -0.05) is 30.7 Å². The predicted molar refractivity (Wildman–Crippen MR) is 88.9 cm³/mol. The molecule has 0 radical (unpaired) electrons. The first kappa shape index (κ1) is 14.7. The highest BCUT2D eigenvalue weighted by molar-refractivity contribution is 6.31.